The number of halogens is 2. The van der Waals surface area contributed by atoms with E-state index < -0.39 is 12.2 Å². The van der Waals surface area contributed by atoms with Crippen LogP contribution >= 0.6 is 0 Å². The van der Waals surface area contributed by atoms with Gasteiger partial charge in [-0.05, 0) is 37.5 Å². The van der Waals surface area contributed by atoms with Crippen LogP contribution in [0.3, 0.4) is 0 Å². The summed E-state index contributed by atoms with van der Waals surface area (Å²) in [5.74, 6) is 1.06. The van der Waals surface area contributed by atoms with Crippen LogP contribution < -0.4 is 10.5 Å². The predicted molar refractivity (Wildman–Crippen MR) is 72.0 cm³/mol. The number of benzene rings is 1. The van der Waals surface area contributed by atoms with E-state index in [1.54, 1.807) is 19.1 Å². The molecule has 21 heavy (non-hydrogen) atoms. The molecule has 5 nitrogen and oxygen atoms in total. The van der Waals surface area contributed by atoms with Crippen molar-refractivity contribution in [3.63, 3.8) is 0 Å². The van der Waals surface area contributed by atoms with Gasteiger partial charge in [-0.15, -0.1) is 0 Å². The molecule has 1 unspecified atom stereocenters. The molecule has 0 aliphatic carbocycles. The van der Waals surface area contributed by atoms with E-state index in [4.69, 9.17) is 10.3 Å². The van der Waals surface area contributed by atoms with Crippen molar-refractivity contribution in [3.8, 4) is 5.75 Å². The standard InChI is InChI=1S/C14H17F2N3O2/c1-9-18-12(19-21-9)14(2,17)8-7-10-3-5-11(6-4-10)20-13(15)16/h3-6,13H,7-8,17H2,1-2H3. The normalized spacial score (nSPS) is 14.2. The summed E-state index contributed by atoms with van der Waals surface area (Å²) >= 11 is 0. The zero-order valence-electron chi connectivity index (χ0n) is 11.8. The van der Waals surface area contributed by atoms with Crippen LogP contribution in [0.5, 0.6) is 5.75 Å². The number of hydrogen-bond donors (Lipinski definition) is 1. The molecule has 0 aliphatic rings. The molecule has 1 atom stereocenters. The molecule has 2 aromatic rings. The van der Waals surface area contributed by atoms with E-state index >= 15 is 0 Å². The van der Waals surface area contributed by atoms with E-state index in [-0.39, 0.29) is 5.75 Å². The fraction of sp³-hybridized carbons (Fsp3) is 0.429. The van der Waals surface area contributed by atoms with E-state index in [1.807, 2.05) is 6.92 Å². The maximum Gasteiger partial charge on any atom is 0.387 e. The molecule has 0 bridgehead atoms. The third-order valence-corrected chi connectivity index (χ3v) is 3.12. The first-order chi connectivity index (χ1) is 9.87. The quantitative estimate of drug-likeness (QED) is 0.887. The fourth-order valence-electron chi connectivity index (χ4n) is 1.88. The molecule has 0 fully saturated rings. The van der Waals surface area contributed by atoms with Crippen LogP contribution in [0.15, 0.2) is 28.8 Å². The van der Waals surface area contributed by atoms with Gasteiger partial charge in [0.25, 0.3) is 0 Å². The topological polar surface area (TPSA) is 74.2 Å². The Morgan fingerprint density at radius 3 is 2.52 bits per heavy atom. The van der Waals surface area contributed by atoms with Gasteiger partial charge in [0, 0.05) is 6.92 Å². The highest BCUT2D eigenvalue weighted by Crippen LogP contribution is 2.22. The highest BCUT2D eigenvalue weighted by molar-refractivity contribution is 5.27. The molecule has 0 amide bonds. The summed E-state index contributed by atoms with van der Waals surface area (Å²) in [4.78, 5) is 4.14. The van der Waals surface area contributed by atoms with Crippen molar-refractivity contribution < 1.29 is 18.0 Å². The minimum Gasteiger partial charge on any atom is -0.435 e. The second-order valence-corrected chi connectivity index (χ2v) is 5.08. The second-order valence-electron chi connectivity index (χ2n) is 5.08. The smallest absolute Gasteiger partial charge is 0.387 e. The summed E-state index contributed by atoms with van der Waals surface area (Å²) in [5, 5.41) is 3.83. The van der Waals surface area contributed by atoms with Gasteiger partial charge in [0.15, 0.2) is 5.82 Å². The van der Waals surface area contributed by atoms with Gasteiger partial charge in [-0.2, -0.15) is 13.8 Å². The molecular formula is C14H17F2N3O2. The lowest BCUT2D eigenvalue weighted by Gasteiger charge is -2.20. The number of aromatic nitrogens is 2. The van der Waals surface area contributed by atoms with Crippen molar-refractivity contribution >= 4 is 0 Å². The Labute approximate surface area is 121 Å². The minimum absolute atomic E-state index is 0.137. The number of nitrogens with zero attached hydrogens (tertiary/aromatic N) is 2. The summed E-state index contributed by atoms with van der Waals surface area (Å²) < 4.78 is 33.3. The Hall–Kier alpha value is -2.02. The molecule has 7 heteroatoms. The van der Waals surface area contributed by atoms with Crippen LogP contribution in [-0.4, -0.2) is 16.8 Å². The summed E-state index contributed by atoms with van der Waals surface area (Å²) in [6.07, 6.45) is 1.26. The molecule has 1 aromatic heterocycles. The van der Waals surface area contributed by atoms with Gasteiger partial charge in [0.1, 0.15) is 5.75 Å². The van der Waals surface area contributed by atoms with Gasteiger partial charge in [0.05, 0.1) is 5.54 Å². The Balaban J connectivity index is 1.96. The van der Waals surface area contributed by atoms with Gasteiger partial charge >= 0.3 is 6.61 Å². The number of aryl methyl sites for hydroxylation is 2. The number of hydrogen-bond acceptors (Lipinski definition) is 5. The zero-order valence-corrected chi connectivity index (χ0v) is 11.8. The van der Waals surface area contributed by atoms with Gasteiger partial charge in [0.2, 0.25) is 5.89 Å². The van der Waals surface area contributed by atoms with E-state index in [9.17, 15) is 8.78 Å². The number of alkyl halides is 2. The molecule has 0 saturated heterocycles. The van der Waals surface area contributed by atoms with Gasteiger partial charge < -0.3 is 15.0 Å². The lowest BCUT2D eigenvalue weighted by molar-refractivity contribution is -0.0498. The maximum atomic E-state index is 12.1. The monoisotopic (exact) mass is 297 g/mol. The summed E-state index contributed by atoms with van der Waals surface area (Å²) in [7, 11) is 0. The molecule has 1 aromatic carbocycles. The molecule has 2 rings (SSSR count). The highest BCUT2D eigenvalue weighted by Gasteiger charge is 2.26. The molecule has 1 heterocycles. The molecule has 0 radical (unpaired) electrons. The van der Waals surface area contributed by atoms with Crippen molar-refractivity contribution in [1.29, 1.82) is 0 Å². The first kappa shape index (κ1) is 15.4. The number of rotatable bonds is 6. The molecule has 0 aliphatic heterocycles. The van der Waals surface area contributed by atoms with Crippen molar-refractivity contribution in [1.82, 2.24) is 10.1 Å². The zero-order chi connectivity index (χ0) is 15.5. The lowest BCUT2D eigenvalue weighted by atomic mass is 9.93. The van der Waals surface area contributed by atoms with E-state index in [0.717, 1.165) is 5.56 Å². The van der Waals surface area contributed by atoms with Crippen LogP contribution in [0.1, 0.15) is 30.6 Å². The molecular weight excluding hydrogens is 280 g/mol. The maximum absolute atomic E-state index is 12.1. The summed E-state index contributed by atoms with van der Waals surface area (Å²) in [6, 6.07) is 6.48. The van der Waals surface area contributed by atoms with Crippen molar-refractivity contribution in [2.24, 2.45) is 5.73 Å². The Bertz CT molecular complexity index is 582. The molecule has 2 N–H and O–H groups in total. The number of ether oxygens (including phenoxy) is 1. The van der Waals surface area contributed by atoms with E-state index in [0.29, 0.717) is 24.6 Å². The van der Waals surface area contributed by atoms with E-state index in [1.165, 1.54) is 12.1 Å². The minimum atomic E-state index is -2.82. The average molecular weight is 297 g/mol. The lowest BCUT2D eigenvalue weighted by Crippen LogP contribution is -2.34. The van der Waals surface area contributed by atoms with Crippen LogP contribution in [0.25, 0.3) is 0 Å². The molecule has 0 saturated carbocycles. The largest absolute Gasteiger partial charge is 0.435 e. The van der Waals surface area contributed by atoms with Gasteiger partial charge in [-0.3, -0.25) is 0 Å². The van der Waals surface area contributed by atoms with Gasteiger partial charge in [-0.25, -0.2) is 0 Å². The first-order valence-corrected chi connectivity index (χ1v) is 6.50. The Morgan fingerprint density at radius 1 is 1.33 bits per heavy atom. The third kappa shape index (κ3) is 4.22. The van der Waals surface area contributed by atoms with Crippen molar-refractivity contribution in [2.45, 2.75) is 38.8 Å². The second kappa shape index (κ2) is 6.17. The average Bonchev–Trinajstić information content (AvgIpc) is 2.85. The molecule has 114 valence electrons. The van der Waals surface area contributed by atoms with Crippen LogP contribution in [0.2, 0.25) is 0 Å². The first-order valence-electron chi connectivity index (χ1n) is 6.50. The molecule has 0 spiro atoms. The summed E-state index contributed by atoms with van der Waals surface area (Å²) in [6.45, 7) is 0.713. The van der Waals surface area contributed by atoms with Crippen LogP contribution in [0.4, 0.5) is 8.78 Å². The van der Waals surface area contributed by atoms with Gasteiger partial charge in [-0.1, -0.05) is 17.3 Å². The van der Waals surface area contributed by atoms with Crippen molar-refractivity contribution in [2.75, 3.05) is 0 Å². The fourth-order valence-corrected chi connectivity index (χ4v) is 1.88. The van der Waals surface area contributed by atoms with Crippen LogP contribution in [0, 0.1) is 6.92 Å². The van der Waals surface area contributed by atoms with E-state index in [2.05, 4.69) is 14.9 Å². The predicted octanol–water partition coefficient (Wildman–Crippen LogP) is 2.79. The van der Waals surface area contributed by atoms with Crippen LogP contribution in [-0.2, 0) is 12.0 Å². The SMILES string of the molecule is Cc1nc(C(C)(N)CCc2ccc(OC(F)F)cc2)no1. The highest BCUT2D eigenvalue weighted by atomic mass is 19.3. The Morgan fingerprint density at radius 2 is 2.00 bits per heavy atom. The summed E-state index contributed by atoms with van der Waals surface area (Å²) in [5.41, 5.74) is 6.44. The van der Waals surface area contributed by atoms with Crippen molar-refractivity contribution in [3.05, 3.63) is 41.5 Å². The number of nitrogens with two attached hydrogens (primary N) is 1. The Kier molecular flexibility index (Phi) is 4.52. The third-order valence-electron chi connectivity index (χ3n) is 3.12.